The van der Waals surface area contributed by atoms with Crippen LogP contribution in [0.15, 0.2) is 61.1 Å². The van der Waals surface area contributed by atoms with Crippen LogP contribution in [0.5, 0.6) is 0 Å². The van der Waals surface area contributed by atoms with E-state index in [0.29, 0.717) is 5.70 Å². The highest BCUT2D eigenvalue weighted by Crippen LogP contribution is 2.16. The van der Waals surface area contributed by atoms with Crippen LogP contribution in [0.25, 0.3) is 11.2 Å². The molecule has 2 heterocycles. The van der Waals surface area contributed by atoms with E-state index in [0.717, 1.165) is 16.9 Å². The standard InChI is InChI=1S/C14H15N3.2C2H6/c1-3-12(8-7-11(2)15)13-10-17-9-5-4-6-14(17)16-13;2*1-2/h3-10H,2,15H2,1H3;2*1-2H3/b8-7-,12-3+;;. The van der Waals surface area contributed by atoms with E-state index in [2.05, 4.69) is 11.6 Å². The van der Waals surface area contributed by atoms with Gasteiger partial charge in [-0.25, -0.2) is 4.98 Å². The molecule has 0 aliphatic heterocycles. The van der Waals surface area contributed by atoms with Gasteiger partial charge in [-0.2, -0.15) is 0 Å². The molecule has 0 bridgehead atoms. The summed E-state index contributed by atoms with van der Waals surface area (Å²) in [4.78, 5) is 4.53. The first-order chi connectivity index (χ1) is 10.2. The molecule has 2 aromatic heterocycles. The summed E-state index contributed by atoms with van der Waals surface area (Å²) >= 11 is 0. The molecule has 2 N–H and O–H groups in total. The normalized spacial score (nSPS) is 10.6. The van der Waals surface area contributed by atoms with E-state index >= 15 is 0 Å². The molecule has 0 unspecified atom stereocenters. The van der Waals surface area contributed by atoms with Crippen LogP contribution in [0.4, 0.5) is 0 Å². The predicted octanol–water partition coefficient (Wildman–Crippen LogP) is 4.82. The van der Waals surface area contributed by atoms with Gasteiger partial charge in [0.05, 0.1) is 5.69 Å². The molecule has 2 rings (SSSR count). The average Bonchev–Trinajstić information content (AvgIpc) is 2.95. The Morgan fingerprint density at radius 2 is 1.86 bits per heavy atom. The third-order valence-corrected chi connectivity index (χ3v) is 2.45. The predicted molar refractivity (Wildman–Crippen MR) is 94.0 cm³/mol. The number of aromatic nitrogens is 2. The lowest BCUT2D eigenvalue weighted by Gasteiger charge is -1.95. The fourth-order valence-corrected chi connectivity index (χ4v) is 1.60. The van der Waals surface area contributed by atoms with Gasteiger partial charge in [0.25, 0.3) is 0 Å². The zero-order valence-electron chi connectivity index (χ0n) is 13.8. The third-order valence-electron chi connectivity index (χ3n) is 2.45. The molecule has 3 heteroatoms. The Morgan fingerprint density at radius 3 is 2.38 bits per heavy atom. The fourth-order valence-electron chi connectivity index (χ4n) is 1.60. The van der Waals surface area contributed by atoms with Crippen molar-refractivity contribution in [3.05, 3.63) is 66.8 Å². The maximum Gasteiger partial charge on any atom is 0.137 e. The molecular formula is C18H27N3. The Labute approximate surface area is 128 Å². The van der Waals surface area contributed by atoms with Crippen LogP contribution < -0.4 is 5.73 Å². The molecule has 0 aliphatic rings. The zero-order chi connectivity index (χ0) is 16.3. The average molecular weight is 285 g/mol. The molecule has 0 saturated heterocycles. The summed E-state index contributed by atoms with van der Waals surface area (Å²) in [5.74, 6) is 0. The van der Waals surface area contributed by atoms with Gasteiger partial charge in [-0.05, 0) is 30.7 Å². The molecule has 0 fully saturated rings. The summed E-state index contributed by atoms with van der Waals surface area (Å²) in [7, 11) is 0. The summed E-state index contributed by atoms with van der Waals surface area (Å²) in [6, 6.07) is 5.92. The van der Waals surface area contributed by atoms with Crippen molar-refractivity contribution in [3.8, 4) is 0 Å². The molecule has 2 aromatic rings. The van der Waals surface area contributed by atoms with Gasteiger partial charge in [-0.3, -0.25) is 0 Å². The summed E-state index contributed by atoms with van der Waals surface area (Å²) < 4.78 is 1.99. The minimum Gasteiger partial charge on any atom is -0.399 e. The second-order valence-electron chi connectivity index (χ2n) is 3.74. The molecule has 0 amide bonds. The number of rotatable bonds is 3. The van der Waals surface area contributed by atoms with Crippen molar-refractivity contribution in [2.75, 3.05) is 0 Å². The lowest BCUT2D eigenvalue weighted by atomic mass is 10.1. The van der Waals surface area contributed by atoms with E-state index < -0.39 is 0 Å². The van der Waals surface area contributed by atoms with E-state index in [-0.39, 0.29) is 0 Å². The Bertz CT molecular complexity index is 571. The Balaban J connectivity index is 0.000000921. The van der Waals surface area contributed by atoms with Crippen molar-refractivity contribution >= 4 is 11.2 Å². The molecule has 0 aliphatic carbocycles. The maximum absolute atomic E-state index is 5.51. The van der Waals surface area contributed by atoms with Crippen LogP contribution in [0, 0.1) is 0 Å². The third kappa shape index (κ3) is 5.69. The molecule has 0 saturated carbocycles. The number of hydrogen-bond donors (Lipinski definition) is 1. The highest BCUT2D eigenvalue weighted by Gasteiger charge is 2.03. The van der Waals surface area contributed by atoms with E-state index in [1.54, 1.807) is 6.08 Å². The van der Waals surface area contributed by atoms with E-state index in [1.807, 2.05) is 81.8 Å². The number of nitrogens with zero attached hydrogens (tertiary/aromatic N) is 2. The molecule has 0 aromatic carbocycles. The molecule has 3 nitrogen and oxygen atoms in total. The smallest absolute Gasteiger partial charge is 0.137 e. The van der Waals surface area contributed by atoms with Crippen LogP contribution in [0.3, 0.4) is 0 Å². The molecule has 21 heavy (non-hydrogen) atoms. The van der Waals surface area contributed by atoms with Crippen LogP contribution in [-0.4, -0.2) is 9.38 Å². The molecule has 0 atom stereocenters. The second kappa shape index (κ2) is 10.5. The summed E-state index contributed by atoms with van der Waals surface area (Å²) in [6.45, 7) is 13.6. The number of nitrogens with two attached hydrogens (primary N) is 1. The number of fused-ring (bicyclic) bond motifs is 1. The maximum atomic E-state index is 5.51. The number of allylic oxidation sites excluding steroid dienone is 4. The highest BCUT2D eigenvalue weighted by molar-refractivity contribution is 5.73. The van der Waals surface area contributed by atoms with Crippen LogP contribution in [0.1, 0.15) is 40.3 Å². The summed E-state index contributed by atoms with van der Waals surface area (Å²) in [5.41, 5.74) is 8.94. The first kappa shape index (κ1) is 18.7. The van der Waals surface area contributed by atoms with E-state index in [1.165, 1.54) is 0 Å². The Hall–Kier alpha value is -2.29. The van der Waals surface area contributed by atoms with Crippen molar-refractivity contribution in [2.45, 2.75) is 34.6 Å². The van der Waals surface area contributed by atoms with E-state index in [9.17, 15) is 0 Å². The number of pyridine rings is 1. The van der Waals surface area contributed by atoms with Crippen molar-refractivity contribution in [1.82, 2.24) is 9.38 Å². The second-order valence-corrected chi connectivity index (χ2v) is 3.74. The first-order valence-corrected chi connectivity index (χ1v) is 7.43. The minimum absolute atomic E-state index is 0.535. The van der Waals surface area contributed by atoms with Crippen molar-refractivity contribution < 1.29 is 0 Å². The number of imidazole rings is 1. The minimum atomic E-state index is 0.535. The van der Waals surface area contributed by atoms with Gasteiger partial charge in [0.1, 0.15) is 5.65 Å². The van der Waals surface area contributed by atoms with E-state index in [4.69, 9.17) is 5.73 Å². The SMILES string of the molecule is C=C(N)/C=C\C(=C/C)c1cn2ccccc2n1.CC.CC. The topological polar surface area (TPSA) is 43.3 Å². The fraction of sp³-hybridized carbons (Fsp3) is 0.278. The van der Waals surface area contributed by atoms with Gasteiger partial charge in [0.15, 0.2) is 0 Å². The van der Waals surface area contributed by atoms with Crippen LogP contribution in [-0.2, 0) is 0 Å². The Kier molecular flexibility index (Phi) is 9.35. The molecule has 0 spiro atoms. The lowest BCUT2D eigenvalue weighted by Crippen LogP contribution is -1.89. The van der Waals surface area contributed by atoms with Gasteiger partial charge < -0.3 is 10.1 Å². The monoisotopic (exact) mass is 285 g/mol. The molecule has 0 radical (unpaired) electrons. The number of hydrogen-bond acceptors (Lipinski definition) is 2. The van der Waals surface area contributed by atoms with Crippen LogP contribution >= 0.6 is 0 Å². The molecular weight excluding hydrogens is 258 g/mol. The van der Waals surface area contributed by atoms with Gasteiger partial charge in [-0.15, -0.1) is 0 Å². The highest BCUT2D eigenvalue weighted by atomic mass is 15.0. The molecule has 114 valence electrons. The van der Waals surface area contributed by atoms with Gasteiger partial charge in [0.2, 0.25) is 0 Å². The van der Waals surface area contributed by atoms with Crippen molar-refractivity contribution in [3.63, 3.8) is 0 Å². The van der Waals surface area contributed by atoms with Crippen LogP contribution in [0.2, 0.25) is 0 Å². The lowest BCUT2D eigenvalue weighted by molar-refractivity contribution is 1.19. The first-order valence-electron chi connectivity index (χ1n) is 7.43. The summed E-state index contributed by atoms with van der Waals surface area (Å²) in [5, 5.41) is 0. The Morgan fingerprint density at radius 1 is 1.19 bits per heavy atom. The zero-order valence-corrected chi connectivity index (χ0v) is 13.8. The van der Waals surface area contributed by atoms with Crippen molar-refractivity contribution in [1.29, 1.82) is 0 Å². The summed E-state index contributed by atoms with van der Waals surface area (Å²) in [6.07, 6.45) is 9.67. The van der Waals surface area contributed by atoms with Gasteiger partial charge in [0, 0.05) is 18.1 Å². The van der Waals surface area contributed by atoms with Gasteiger partial charge >= 0.3 is 0 Å². The largest absolute Gasteiger partial charge is 0.399 e. The van der Waals surface area contributed by atoms with Gasteiger partial charge in [-0.1, -0.05) is 52.5 Å². The van der Waals surface area contributed by atoms with Crippen molar-refractivity contribution in [2.24, 2.45) is 5.73 Å². The quantitative estimate of drug-likeness (QED) is 0.822.